The number of rotatable bonds is 5. The van der Waals surface area contributed by atoms with Crippen LogP contribution in [0.3, 0.4) is 0 Å². The maximum absolute atomic E-state index is 11.3. The molecule has 102 valence electrons. The molecule has 18 heavy (non-hydrogen) atoms. The Hall–Kier alpha value is -1.10. The van der Waals surface area contributed by atoms with Crippen molar-refractivity contribution < 1.29 is 23.8 Å². The summed E-state index contributed by atoms with van der Waals surface area (Å²) in [7, 11) is 0. The highest BCUT2D eigenvalue weighted by atomic mass is 16.7. The topological polar surface area (TPSA) is 61.8 Å². The van der Waals surface area contributed by atoms with E-state index in [1.54, 1.807) is 13.8 Å². The Morgan fingerprint density at radius 1 is 1.33 bits per heavy atom. The summed E-state index contributed by atoms with van der Waals surface area (Å²) in [5.74, 6) is 0.321. The normalized spacial score (nSPS) is 33.7. The number of carbonyl (C=O) groups excluding carboxylic acids is 2. The predicted octanol–water partition coefficient (Wildman–Crippen LogP) is 1.93. The lowest BCUT2D eigenvalue weighted by Crippen LogP contribution is -2.32. The van der Waals surface area contributed by atoms with Crippen molar-refractivity contribution >= 4 is 12.4 Å². The molecule has 0 amide bonds. The highest BCUT2D eigenvalue weighted by Crippen LogP contribution is 2.44. The third kappa shape index (κ3) is 2.83. The molecule has 0 radical (unpaired) electrons. The number of carbonyl (C=O) groups is 2. The fourth-order valence-corrected chi connectivity index (χ4v) is 2.93. The molecule has 2 bridgehead atoms. The second kappa shape index (κ2) is 5.69. The average molecular weight is 256 g/mol. The van der Waals surface area contributed by atoms with Crippen molar-refractivity contribution in [1.29, 1.82) is 0 Å². The van der Waals surface area contributed by atoms with E-state index in [4.69, 9.17) is 14.2 Å². The van der Waals surface area contributed by atoms with Crippen molar-refractivity contribution in [3.8, 4) is 0 Å². The molecule has 5 nitrogen and oxygen atoms in total. The van der Waals surface area contributed by atoms with E-state index in [1.807, 2.05) is 0 Å². The third-order valence-electron chi connectivity index (χ3n) is 3.68. The lowest BCUT2D eigenvalue weighted by atomic mass is 9.78. The largest absolute Gasteiger partial charge is 0.508 e. The number of aldehydes is 1. The molecule has 5 heteroatoms. The first kappa shape index (κ1) is 13.3. The van der Waals surface area contributed by atoms with Crippen LogP contribution < -0.4 is 0 Å². The van der Waals surface area contributed by atoms with Crippen molar-refractivity contribution in [3.63, 3.8) is 0 Å². The molecule has 2 aliphatic rings. The number of fused-ring (bicyclic) bond motifs is 2. The molecule has 2 fully saturated rings. The summed E-state index contributed by atoms with van der Waals surface area (Å²) in [4.78, 5) is 22.0. The van der Waals surface area contributed by atoms with Gasteiger partial charge in [-0.15, -0.1) is 0 Å². The van der Waals surface area contributed by atoms with Crippen LogP contribution in [0.5, 0.6) is 0 Å². The zero-order chi connectivity index (χ0) is 13.1. The van der Waals surface area contributed by atoms with Crippen molar-refractivity contribution in [2.45, 2.75) is 51.4 Å². The van der Waals surface area contributed by atoms with E-state index in [0.717, 1.165) is 19.1 Å². The zero-order valence-electron chi connectivity index (χ0n) is 10.8. The van der Waals surface area contributed by atoms with Gasteiger partial charge in [0.15, 0.2) is 0 Å². The van der Waals surface area contributed by atoms with E-state index in [1.165, 1.54) is 0 Å². The Bertz CT molecular complexity index is 315. The first-order chi connectivity index (χ1) is 8.61. The van der Waals surface area contributed by atoms with E-state index in [2.05, 4.69) is 0 Å². The molecule has 4 atom stereocenters. The van der Waals surface area contributed by atoms with Crippen molar-refractivity contribution in [1.82, 2.24) is 0 Å². The van der Waals surface area contributed by atoms with E-state index in [9.17, 15) is 9.59 Å². The molecule has 0 aromatic rings. The van der Waals surface area contributed by atoms with Crippen LogP contribution in [-0.2, 0) is 19.0 Å². The van der Waals surface area contributed by atoms with E-state index in [-0.39, 0.29) is 36.8 Å². The molecule has 0 aliphatic carbocycles. The number of ether oxygens (including phenoxy) is 3. The minimum atomic E-state index is -0.641. The molecule has 2 heterocycles. The zero-order valence-corrected chi connectivity index (χ0v) is 10.8. The van der Waals surface area contributed by atoms with Crippen LogP contribution in [0.4, 0.5) is 4.79 Å². The van der Waals surface area contributed by atoms with E-state index >= 15 is 0 Å². The highest BCUT2D eigenvalue weighted by molar-refractivity contribution is 5.60. The van der Waals surface area contributed by atoms with E-state index < -0.39 is 6.16 Å². The SMILES string of the molecule is CC(C)OC(=O)OC[C@H]1[C@@H](CC=O)[C@@H]2CC[C@@H]1O2. The molecule has 0 aromatic carbocycles. The Balaban J connectivity index is 1.84. The Morgan fingerprint density at radius 2 is 2.00 bits per heavy atom. The van der Waals surface area contributed by atoms with Crippen molar-refractivity contribution in [2.24, 2.45) is 11.8 Å². The molecule has 0 aromatic heterocycles. The summed E-state index contributed by atoms with van der Waals surface area (Å²) in [5, 5.41) is 0. The smallest absolute Gasteiger partial charge is 0.434 e. The van der Waals surface area contributed by atoms with Gasteiger partial charge in [0.05, 0.1) is 18.3 Å². The molecule has 0 saturated carbocycles. The average Bonchev–Trinajstić information content (AvgIpc) is 2.87. The molecule has 0 unspecified atom stereocenters. The second-order valence-corrected chi connectivity index (χ2v) is 5.25. The van der Waals surface area contributed by atoms with Crippen LogP contribution in [0.15, 0.2) is 0 Å². The van der Waals surface area contributed by atoms with Gasteiger partial charge >= 0.3 is 6.16 Å². The maximum Gasteiger partial charge on any atom is 0.508 e. The van der Waals surface area contributed by atoms with Gasteiger partial charge < -0.3 is 19.0 Å². The second-order valence-electron chi connectivity index (χ2n) is 5.25. The lowest BCUT2D eigenvalue weighted by molar-refractivity contribution is -0.109. The molecule has 2 aliphatic heterocycles. The monoisotopic (exact) mass is 256 g/mol. The Kier molecular flexibility index (Phi) is 4.22. The first-order valence-electron chi connectivity index (χ1n) is 6.54. The van der Waals surface area contributed by atoms with Gasteiger partial charge in [0, 0.05) is 18.3 Å². The summed E-state index contributed by atoms with van der Waals surface area (Å²) in [6, 6.07) is 0. The first-order valence-corrected chi connectivity index (χ1v) is 6.54. The van der Waals surface area contributed by atoms with E-state index in [0.29, 0.717) is 6.42 Å². The highest BCUT2D eigenvalue weighted by Gasteiger charge is 2.48. The summed E-state index contributed by atoms with van der Waals surface area (Å²) in [5.41, 5.74) is 0. The minimum absolute atomic E-state index is 0.131. The number of hydrogen-bond donors (Lipinski definition) is 0. The summed E-state index contributed by atoms with van der Waals surface area (Å²) in [6.45, 7) is 3.83. The summed E-state index contributed by atoms with van der Waals surface area (Å²) in [6.07, 6.45) is 2.88. The van der Waals surface area contributed by atoms with Gasteiger partial charge in [-0.1, -0.05) is 0 Å². The quantitative estimate of drug-likeness (QED) is 0.555. The fourth-order valence-electron chi connectivity index (χ4n) is 2.93. The lowest BCUT2D eigenvalue weighted by Gasteiger charge is -2.25. The van der Waals surface area contributed by atoms with Crippen molar-refractivity contribution in [3.05, 3.63) is 0 Å². The molecule has 0 N–H and O–H groups in total. The van der Waals surface area contributed by atoms with Crippen LogP contribution >= 0.6 is 0 Å². The maximum atomic E-state index is 11.3. The molecular formula is C13H20O5. The van der Waals surface area contributed by atoms with Crippen LogP contribution in [0.25, 0.3) is 0 Å². The summed E-state index contributed by atoms with van der Waals surface area (Å²) < 4.78 is 15.8. The Morgan fingerprint density at radius 3 is 2.61 bits per heavy atom. The van der Waals surface area contributed by atoms with Gasteiger partial charge in [-0.2, -0.15) is 0 Å². The van der Waals surface area contributed by atoms with Crippen LogP contribution in [0.2, 0.25) is 0 Å². The van der Waals surface area contributed by atoms with Gasteiger partial charge in [-0.05, 0) is 26.7 Å². The fraction of sp³-hybridized carbons (Fsp3) is 0.846. The summed E-state index contributed by atoms with van der Waals surface area (Å²) >= 11 is 0. The standard InChI is InChI=1S/C13H20O5/c1-8(2)17-13(15)16-7-10-9(5-6-14)11-3-4-12(10)18-11/h6,8-12H,3-5,7H2,1-2H3/t9-,10+,11+,12+/m1/s1. The van der Waals surface area contributed by atoms with Gasteiger partial charge in [-0.3, -0.25) is 0 Å². The molecule has 0 spiro atoms. The molecule has 2 rings (SSSR count). The van der Waals surface area contributed by atoms with Gasteiger partial charge in [0.2, 0.25) is 0 Å². The predicted molar refractivity (Wildman–Crippen MR) is 63.1 cm³/mol. The third-order valence-corrected chi connectivity index (χ3v) is 3.68. The Labute approximate surface area is 107 Å². The number of hydrogen-bond acceptors (Lipinski definition) is 5. The van der Waals surface area contributed by atoms with Crippen molar-refractivity contribution in [2.75, 3.05) is 6.61 Å². The van der Waals surface area contributed by atoms with Gasteiger partial charge in [-0.25, -0.2) is 4.79 Å². The van der Waals surface area contributed by atoms with Crippen LogP contribution in [0.1, 0.15) is 33.1 Å². The minimum Gasteiger partial charge on any atom is -0.434 e. The van der Waals surface area contributed by atoms with Gasteiger partial charge in [0.1, 0.15) is 12.9 Å². The van der Waals surface area contributed by atoms with Crippen LogP contribution in [-0.4, -0.2) is 37.4 Å². The molecular weight excluding hydrogens is 236 g/mol. The molecule has 2 saturated heterocycles. The van der Waals surface area contributed by atoms with Crippen LogP contribution in [0, 0.1) is 11.8 Å². The van der Waals surface area contributed by atoms with Gasteiger partial charge in [0.25, 0.3) is 0 Å².